The molecule has 2 aromatic rings. The van der Waals surface area contributed by atoms with Gasteiger partial charge in [-0.2, -0.15) is 0 Å². The van der Waals surface area contributed by atoms with Crippen LogP contribution in [0.2, 0.25) is 5.02 Å². The zero-order valence-electron chi connectivity index (χ0n) is 11.7. The summed E-state index contributed by atoms with van der Waals surface area (Å²) in [5, 5.41) is 22.8. The van der Waals surface area contributed by atoms with Crippen LogP contribution in [0.15, 0.2) is 48.5 Å². The molecule has 1 amide bonds. The van der Waals surface area contributed by atoms with Crippen LogP contribution in [-0.2, 0) is 5.72 Å². The molecule has 5 nitrogen and oxygen atoms in total. The number of benzene rings is 2. The number of hydroxylamine groups is 3. The largest absolute Gasteiger partial charge is 0.381 e. The van der Waals surface area contributed by atoms with E-state index in [1.54, 1.807) is 48.5 Å². The van der Waals surface area contributed by atoms with E-state index >= 15 is 0 Å². The predicted octanol–water partition coefficient (Wildman–Crippen LogP) is 1.85. The zero-order chi connectivity index (χ0) is 16.0. The van der Waals surface area contributed by atoms with Gasteiger partial charge in [-0.25, -0.2) is 10.0 Å². The fraction of sp³-hybridized carbons (Fsp3) is 0.188. The molecule has 114 valence electrons. The summed E-state index contributed by atoms with van der Waals surface area (Å²) in [4.78, 5) is 12.6. The minimum Gasteiger partial charge on any atom is -0.332 e. The van der Waals surface area contributed by atoms with Gasteiger partial charge in [0.1, 0.15) is 6.54 Å². The van der Waals surface area contributed by atoms with Gasteiger partial charge >= 0.3 is 5.91 Å². The van der Waals surface area contributed by atoms with E-state index in [2.05, 4.69) is 0 Å². The third-order valence-electron chi connectivity index (χ3n) is 4.10. The quantitative estimate of drug-likeness (QED) is 0.595. The molecule has 0 spiro atoms. The number of halogens is 1. The number of hydrogen-bond acceptors (Lipinski definition) is 4. The maximum atomic E-state index is 12.6. The molecule has 0 radical (unpaired) electrons. The van der Waals surface area contributed by atoms with Gasteiger partial charge in [-0.15, -0.1) is 0 Å². The van der Waals surface area contributed by atoms with E-state index in [0.29, 0.717) is 16.1 Å². The molecule has 2 aromatic carbocycles. The molecule has 2 atom stereocenters. The number of quaternary nitrogens is 1. The number of nitrogens with two attached hydrogens (primary N) is 1. The molecule has 0 fully saturated rings. The summed E-state index contributed by atoms with van der Waals surface area (Å²) in [6, 6.07) is 13.0. The molecule has 3 rings (SSSR count). The minimum atomic E-state index is -1.91. The van der Waals surface area contributed by atoms with Crippen molar-refractivity contribution in [1.82, 2.24) is 0 Å². The minimum absolute atomic E-state index is 0.0477. The van der Waals surface area contributed by atoms with Gasteiger partial charge in [0, 0.05) is 11.6 Å². The first-order valence-electron chi connectivity index (χ1n) is 6.89. The number of carbonyl (C=O) groups is 1. The SMILES string of the molecule is NCC[N+]1(O)C(=O)c2ccccc2C1(O)c1ccc(Cl)cc1. The van der Waals surface area contributed by atoms with Gasteiger partial charge in [-0.3, -0.25) is 0 Å². The molecule has 1 heterocycles. The zero-order valence-corrected chi connectivity index (χ0v) is 12.5. The first-order chi connectivity index (χ1) is 10.4. The summed E-state index contributed by atoms with van der Waals surface area (Å²) >= 11 is 5.89. The number of fused-ring (bicyclic) bond motifs is 1. The Hall–Kier alpha value is -1.76. The van der Waals surface area contributed by atoms with Crippen LogP contribution >= 0.6 is 11.6 Å². The van der Waals surface area contributed by atoms with Gasteiger partial charge in [-0.1, -0.05) is 28.4 Å². The monoisotopic (exact) mass is 319 g/mol. The third-order valence-corrected chi connectivity index (χ3v) is 4.36. The number of amides is 1. The second-order valence-corrected chi connectivity index (χ2v) is 5.75. The van der Waals surface area contributed by atoms with Gasteiger partial charge < -0.3 is 10.8 Å². The van der Waals surface area contributed by atoms with E-state index < -0.39 is 16.3 Å². The summed E-state index contributed by atoms with van der Waals surface area (Å²) in [6.07, 6.45) is 0. The van der Waals surface area contributed by atoms with Crippen molar-refractivity contribution in [2.75, 3.05) is 13.1 Å². The fourth-order valence-electron chi connectivity index (χ4n) is 3.02. The second kappa shape index (κ2) is 5.15. The van der Waals surface area contributed by atoms with Crippen LogP contribution in [0.25, 0.3) is 0 Å². The highest BCUT2D eigenvalue weighted by atomic mass is 35.5. The van der Waals surface area contributed by atoms with E-state index in [1.807, 2.05) is 0 Å². The lowest BCUT2D eigenvalue weighted by atomic mass is 9.93. The number of hydrogen-bond donors (Lipinski definition) is 3. The van der Waals surface area contributed by atoms with Crippen molar-refractivity contribution in [3.8, 4) is 0 Å². The van der Waals surface area contributed by atoms with Crippen LogP contribution in [0.5, 0.6) is 0 Å². The van der Waals surface area contributed by atoms with Crippen LogP contribution in [0, 0.1) is 0 Å². The van der Waals surface area contributed by atoms with Gasteiger partial charge in [-0.05, 0) is 36.4 Å². The Balaban J connectivity index is 2.29. The topological polar surface area (TPSA) is 83.5 Å². The average Bonchev–Trinajstić information content (AvgIpc) is 2.69. The molecule has 0 bridgehead atoms. The number of carbonyl (C=O) groups excluding carboxylic acids is 1. The molecule has 0 saturated heterocycles. The Bertz CT molecular complexity index is 734. The summed E-state index contributed by atoms with van der Waals surface area (Å²) in [6.45, 7) is -0.0568. The molecule has 1 aliphatic rings. The van der Waals surface area contributed by atoms with Gasteiger partial charge in [0.05, 0.1) is 16.7 Å². The predicted molar refractivity (Wildman–Crippen MR) is 81.2 cm³/mol. The lowest BCUT2D eigenvalue weighted by molar-refractivity contribution is -1.09. The molecule has 6 heteroatoms. The molecule has 22 heavy (non-hydrogen) atoms. The van der Waals surface area contributed by atoms with Gasteiger partial charge in [0.2, 0.25) is 0 Å². The van der Waals surface area contributed by atoms with Crippen molar-refractivity contribution in [1.29, 1.82) is 0 Å². The summed E-state index contributed by atoms with van der Waals surface area (Å²) < 4.78 is -1.19. The smallest absolute Gasteiger partial charge is 0.332 e. The van der Waals surface area contributed by atoms with E-state index in [1.165, 1.54) is 0 Å². The summed E-state index contributed by atoms with van der Waals surface area (Å²) in [7, 11) is 0. The van der Waals surface area contributed by atoms with Crippen molar-refractivity contribution >= 4 is 17.5 Å². The Morgan fingerprint density at radius 2 is 1.77 bits per heavy atom. The highest BCUT2D eigenvalue weighted by molar-refractivity contribution is 6.30. The summed E-state index contributed by atoms with van der Waals surface area (Å²) in [5.41, 5.74) is 4.68. The number of nitrogens with zero attached hydrogens (tertiary/aromatic N) is 1. The first kappa shape index (κ1) is 15.1. The van der Waals surface area contributed by atoms with Gasteiger partial charge in [0.25, 0.3) is 5.72 Å². The Labute approximate surface area is 132 Å². The third kappa shape index (κ3) is 1.84. The number of rotatable bonds is 3. The van der Waals surface area contributed by atoms with Crippen molar-refractivity contribution in [2.24, 2.45) is 5.73 Å². The van der Waals surface area contributed by atoms with E-state index in [4.69, 9.17) is 17.3 Å². The number of aliphatic hydroxyl groups is 1. The van der Waals surface area contributed by atoms with E-state index in [-0.39, 0.29) is 18.7 Å². The average molecular weight is 320 g/mol. The standard InChI is InChI=1S/C16H16ClN2O3/c17-12-7-5-11(6-8-12)16(21)14-4-2-1-3-13(14)15(20)19(16,22)10-9-18/h1-8,21-22H,9-10,18H2/q+1. The van der Waals surface area contributed by atoms with Crippen LogP contribution in [-0.4, -0.2) is 34.0 Å². The van der Waals surface area contributed by atoms with Crippen molar-refractivity contribution in [3.63, 3.8) is 0 Å². The Morgan fingerprint density at radius 1 is 1.14 bits per heavy atom. The molecule has 2 unspecified atom stereocenters. The Kier molecular flexibility index (Phi) is 3.55. The highest BCUT2D eigenvalue weighted by Gasteiger charge is 2.65. The fourth-order valence-corrected chi connectivity index (χ4v) is 3.15. The molecular formula is C16H16ClN2O3+. The summed E-state index contributed by atoms with van der Waals surface area (Å²) in [5.74, 6) is -0.571. The maximum Gasteiger partial charge on any atom is 0.381 e. The molecule has 0 aromatic heterocycles. The van der Waals surface area contributed by atoms with E-state index in [0.717, 1.165) is 0 Å². The molecule has 4 N–H and O–H groups in total. The molecule has 0 aliphatic carbocycles. The maximum absolute atomic E-state index is 12.6. The van der Waals surface area contributed by atoms with Crippen LogP contribution in [0.3, 0.4) is 0 Å². The van der Waals surface area contributed by atoms with Crippen LogP contribution < -0.4 is 5.73 Å². The molecular weight excluding hydrogens is 304 g/mol. The molecule has 0 saturated carbocycles. The lowest BCUT2D eigenvalue weighted by Crippen LogP contribution is -2.61. The lowest BCUT2D eigenvalue weighted by Gasteiger charge is -2.36. The van der Waals surface area contributed by atoms with E-state index in [9.17, 15) is 15.1 Å². The van der Waals surface area contributed by atoms with Crippen LogP contribution in [0.1, 0.15) is 21.5 Å². The highest BCUT2D eigenvalue weighted by Crippen LogP contribution is 2.46. The molecule has 1 aliphatic heterocycles. The van der Waals surface area contributed by atoms with Gasteiger partial charge in [0.15, 0.2) is 0 Å². The first-order valence-corrected chi connectivity index (χ1v) is 7.27. The van der Waals surface area contributed by atoms with Crippen LogP contribution in [0.4, 0.5) is 0 Å². The van der Waals surface area contributed by atoms with Crippen molar-refractivity contribution in [2.45, 2.75) is 5.72 Å². The second-order valence-electron chi connectivity index (χ2n) is 5.31. The van der Waals surface area contributed by atoms with Crippen molar-refractivity contribution < 1.29 is 19.8 Å². The normalized spacial score (nSPS) is 27.0. The Morgan fingerprint density at radius 3 is 2.41 bits per heavy atom. The van der Waals surface area contributed by atoms with Crippen molar-refractivity contribution in [3.05, 3.63) is 70.2 Å².